The van der Waals surface area contributed by atoms with E-state index in [1.165, 1.54) is 5.56 Å². The second-order valence-corrected chi connectivity index (χ2v) is 6.17. The Balaban J connectivity index is 2.40. The quantitative estimate of drug-likeness (QED) is 0.467. The van der Waals surface area contributed by atoms with Crippen LogP contribution in [0.4, 0.5) is 0 Å². The van der Waals surface area contributed by atoms with E-state index in [-0.39, 0.29) is 6.79 Å². The van der Waals surface area contributed by atoms with E-state index < -0.39 is 0 Å². The van der Waals surface area contributed by atoms with Crippen molar-refractivity contribution in [1.82, 2.24) is 0 Å². The summed E-state index contributed by atoms with van der Waals surface area (Å²) in [5, 5.41) is 2.12. The lowest BCUT2D eigenvalue weighted by Gasteiger charge is -2.15. The third kappa shape index (κ3) is 3.90. The van der Waals surface area contributed by atoms with Crippen LogP contribution in [0, 0.1) is 13.8 Å². The molecule has 0 aliphatic heterocycles. The Morgan fingerprint density at radius 3 is 2.62 bits per heavy atom. The van der Waals surface area contributed by atoms with Crippen molar-refractivity contribution in [2.45, 2.75) is 13.8 Å². The number of carbonyl (C=O) groups is 1. The third-order valence-corrected chi connectivity index (χ3v) is 4.46. The van der Waals surface area contributed by atoms with Gasteiger partial charge in [-0.3, -0.25) is 4.79 Å². The number of hydrogen-bond acceptors (Lipinski definition) is 3. The Morgan fingerprint density at radius 1 is 1.14 bits per heavy atom. The minimum Gasteiger partial charge on any atom is -0.467 e. The van der Waals surface area contributed by atoms with Crippen LogP contribution in [0.15, 0.2) is 36.4 Å². The van der Waals surface area contributed by atoms with Gasteiger partial charge in [-0.2, -0.15) is 0 Å². The smallest absolute Gasteiger partial charge is 0.188 e. The summed E-state index contributed by atoms with van der Waals surface area (Å²) in [6.45, 7) is 4.31. The minimum atomic E-state index is 0.219. The van der Waals surface area contributed by atoms with Crippen LogP contribution in [0.25, 0.3) is 0 Å². The summed E-state index contributed by atoms with van der Waals surface area (Å²) in [7, 11) is 1.98. The number of rotatable bonds is 6. The fourth-order valence-electron chi connectivity index (χ4n) is 2.22. The van der Waals surface area contributed by atoms with Gasteiger partial charge in [-0.25, -0.2) is 0 Å². The van der Waals surface area contributed by atoms with Crippen LogP contribution < -0.4 is 15.3 Å². The Kier molecular flexibility index (Phi) is 5.49. The highest BCUT2D eigenvalue weighted by Crippen LogP contribution is 2.25. The maximum Gasteiger partial charge on any atom is 0.188 e. The SMILES string of the molecule is COCOc1c(C)cc(C)cc1Pc1ccccc1C=O. The summed E-state index contributed by atoms with van der Waals surface area (Å²) in [5.74, 6) is 0.849. The molecular formula is C17H19O3P. The van der Waals surface area contributed by atoms with Crippen molar-refractivity contribution in [3.8, 4) is 5.75 Å². The highest BCUT2D eigenvalue weighted by molar-refractivity contribution is 7.56. The zero-order valence-electron chi connectivity index (χ0n) is 12.5. The molecule has 110 valence electrons. The van der Waals surface area contributed by atoms with E-state index in [0.717, 1.165) is 33.8 Å². The van der Waals surface area contributed by atoms with Gasteiger partial charge in [-0.05, 0) is 36.3 Å². The molecule has 0 bridgehead atoms. The van der Waals surface area contributed by atoms with Crippen molar-refractivity contribution in [3.05, 3.63) is 53.1 Å². The van der Waals surface area contributed by atoms with E-state index in [0.29, 0.717) is 8.58 Å². The molecule has 0 aromatic heterocycles. The molecule has 0 fully saturated rings. The Bertz CT molecular complexity index is 638. The van der Waals surface area contributed by atoms with E-state index >= 15 is 0 Å². The molecule has 0 radical (unpaired) electrons. The summed E-state index contributed by atoms with van der Waals surface area (Å²) in [4.78, 5) is 11.2. The Hall–Kier alpha value is -1.70. The molecule has 0 aliphatic carbocycles. The highest BCUT2D eigenvalue weighted by Gasteiger charge is 2.11. The highest BCUT2D eigenvalue weighted by atomic mass is 31.1. The van der Waals surface area contributed by atoms with Crippen molar-refractivity contribution in [3.63, 3.8) is 0 Å². The summed E-state index contributed by atoms with van der Waals surface area (Å²) in [6.07, 6.45) is 0.903. The van der Waals surface area contributed by atoms with Crippen molar-refractivity contribution in [1.29, 1.82) is 0 Å². The van der Waals surface area contributed by atoms with Crippen LogP contribution in [0.2, 0.25) is 0 Å². The largest absolute Gasteiger partial charge is 0.467 e. The molecule has 0 saturated heterocycles. The first-order chi connectivity index (χ1) is 10.2. The van der Waals surface area contributed by atoms with Gasteiger partial charge in [-0.15, -0.1) is 0 Å². The van der Waals surface area contributed by atoms with Crippen LogP contribution in [-0.2, 0) is 4.74 Å². The molecule has 2 aromatic carbocycles. The lowest BCUT2D eigenvalue weighted by atomic mass is 10.1. The minimum absolute atomic E-state index is 0.219. The van der Waals surface area contributed by atoms with E-state index in [1.807, 2.05) is 31.2 Å². The fraction of sp³-hybridized carbons (Fsp3) is 0.235. The molecule has 2 aromatic rings. The average molecular weight is 302 g/mol. The van der Waals surface area contributed by atoms with Gasteiger partial charge in [0.25, 0.3) is 0 Å². The number of benzene rings is 2. The average Bonchev–Trinajstić information content (AvgIpc) is 2.47. The molecule has 2 rings (SSSR count). The van der Waals surface area contributed by atoms with Crippen LogP contribution in [-0.4, -0.2) is 20.2 Å². The molecule has 0 aliphatic rings. The first kappa shape index (κ1) is 15.7. The normalized spacial score (nSPS) is 11.0. The maximum atomic E-state index is 11.2. The van der Waals surface area contributed by atoms with Gasteiger partial charge in [0, 0.05) is 18.0 Å². The first-order valence-electron chi connectivity index (χ1n) is 6.70. The molecular weight excluding hydrogens is 283 g/mol. The summed E-state index contributed by atoms with van der Waals surface area (Å²) in [6, 6.07) is 11.9. The van der Waals surface area contributed by atoms with Gasteiger partial charge < -0.3 is 9.47 Å². The molecule has 3 nitrogen and oxygen atoms in total. The van der Waals surface area contributed by atoms with Crippen molar-refractivity contribution in [2.24, 2.45) is 0 Å². The molecule has 1 unspecified atom stereocenters. The number of aldehydes is 1. The number of methoxy groups -OCH3 is 1. The molecule has 0 amide bonds. The summed E-state index contributed by atoms with van der Waals surface area (Å²) in [5.41, 5.74) is 2.99. The summed E-state index contributed by atoms with van der Waals surface area (Å²) >= 11 is 0. The molecule has 0 saturated carbocycles. The molecule has 1 atom stereocenters. The second kappa shape index (κ2) is 7.35. The van der Waals surface area contributed by atoms with E-state index in [1.54, 1.807) is 7.11 Å². The van der Waals surface area contributed by atoms with Gasteiger partial charge in [0.2, 0.25) is 0 Å². The molecule has 4 heteroatoms. The molecule has 21 heavy (non-hydrogen) atoms. The summed E-state index contributed by atoms with van der Waals surface area (Å²) < 4.78 is 10.7. The monoisotopic (exact) mass is 302 g/mol. The molecule has 0 N–H and O–H groups in total. The number of carbonyl (C=O) groups excluding carboxylic acids is 1. The fourth-order valence-corrected chi connectivity index (χ4v) is 3.65. The van der Waals surface area contributed by atoms with Crippen molar-refractivity contribution in [2.75, 3.05) is 13.9 Å². The second-order valence-electron chi connectivity index (χ2n) is 4.84. The van der Waals surface area contributed by atoms with Gasteiger partial charge in [0.1, 0.15) is 5.75 Å². The third-order valence-electron chi connectivity index (χ3n) is 3.10. The Labute approximate surface area is 127 Å². The van der Waals surface area contributed by atoms with E-state index in [4.69, 9.17) is 9.47 Å². The van der Waals surface area contributed by atoms with Crippen LogP contribution in [0.1, 0.15) is 21.5 Å². The standard InChI is InChI=1S/C17H19O3P/c1-12-8-13(2)17(20-11-19-3)16(9-12)21-15-7-5-4-6-14(15)10-18/h4-10,21H,11H2,1-3H3. The van der Waals surface area contributed by atoms with E-state index in [9.17, 15) is 4.79 Å². The zero-order valence-corrected chi connectivity index (χ0v) is 13.5. The lowest BCUT2D eigenvalue weighted by Crippen LogP contribution is -2.14. The van der Waals surface area contributed by atoms with Crippen LogP contribution in [0.3, 0.4) is 0 Å². The molecule has 0 spiro atoms. The van der Waals surface area contributed by atoms with E-state index in [2.05, 4.69) is 19.1 Å². The van der Waals surface area contributed by atoms with Crippen molar-refractivity contribution < 1.29 is 14.3 Å². The van der Waals surface area contributed by atoms with Crippen LogP contribution >= 0.6 is 8.58 Å². The van der Waals surface area contributed by atoms with Gasteiger partial charge in [0.15, 0.2) is 13.1 Å². The molecule has 0 heterocycles. The van der Waals surface area contributed by atoms with Gasteiger partial charge in [-0.1, -0.05) is 38.9 Å². The van der Waals surface area contributed by atoms with Gasteiger partial charge >= 0.3 is 0 Å². The number of ether oxygens (including phenoxy) is 2. The van der Waals surface area contributed by atoms with Crippen molar-refractivity contribution >= 4 is 25.5 Å². The number of aryl methyl sites for hydroxylation is 2. The predicted octanol–water partition coefficient (Wildman–Crippen LogP) is 2.73. The maximum absolute atomic E-state index is 11.2. The zero-order chi connectivity index (χ0) is 15.2. The van der Waals surface area contributed by atoms with Gasteiger partial charge in [0.05, 0.1) is 0 Å². The number of hydrogen-bond donors (Lipinski definition) is 0. The first-order valence-corrected chi connectivity index (χ1v) is 7.70. The topological polar surface area (TPSA) is 35.5 Å². The predicted molar refractivity (Wildman–Crippen MR) is 87.8 cm³/mol. The van der Waals surface area contributed by atoms with Crippen LogP contribution in [0.5, 0.6) is 5.75 Å². The Morgan fingerprint density at radius 2 is 1.90 bits per heavy atom. The lowest BCUT2D eigenvalue weighted by molar-refractivity contribution is 0.0514.